The molecule has 0 radical (unpaired) electrons. The van der Waals surface area contributed by atoms with Crippen LogP contribution in [-0.2, 0) is 11.8 Å². The van der Waals surface area contributed by atoms with Crippen molar-refractivity contribution in [2.75, 3.05) is 24.2 Å². The van der Waals surface area contributed by atoms with Crippen LogP contribution in [0.4, 0.5) is 5.95 Å². The molecule has 1 unspecified atom stereocenters. The molecule has 1 aromatic heterocycles. The minimum absolute atomic E-state index is 0.000175. The summed E-state index contributed by atoms with van der Waals surface area (Å²) in [7, 11) is 1.84. The Balaban J connectivity index is 1.49. The van der Waals surface area contributed by atoms with E-state index in [9.17, 15) is 4.79 Å². The van der Waals surface area contributed by atoms with Gasteiger partial charge in [0.1, 0.15) is 0 Å². The van der Waals surface area contributed by atoms with Crippen molar-refractivity contribution in [2.24, 2.45) is 7.05 Å². The Labute approximate surface area is 145 Å². The summed E-state index contributed by atoms with van der Waals surface area (Å²) in [5.74, 6) is 2.43. The molecular formula is C17H21N5OS. The van der Waals surface area contributed by atoms with E-state index in [1.165, 1.54) is 4.90 Å². The van der Waals surface area contributed by atoms with Crippen LogP contribution in [0.5, 0.6) is 0 Å². The fourth-order valence-electron chi connectivity index (χ4n) is 3.34. The first-order valence-corrected chi connectivity index (χ1v) is 9.35. The Kier molecular flexibility index (Phi) is 4.28. The minimum Gasteiger partial charge on any atom is -0.317 e. The molecule has 2 aliphatic heterocycles. The molecule has 126 valence electrons. The van der Waals surface area contributed by atoms with Crippen LogP contribution in [0.3, 0.4) is 0 Å². The molecule has 0 saturated carbocycles. The van der Waals surface area contributed by atoms with Crippen LogP contribution in [0.15, 0.2) is 29.2 Å². The molecule has 1 saturated heterocycles. The first-order chi connectivity index (χ1) is 11.7. The molecule has 2 aromatic rings. The van der Waals surface area contributed by atoms with Crippen molar-refractivity contribution in [3.63, 3.8) is 0 Å². The van der Waals surface area contributed by atoms with Gasteiger partial charge in [0.25, 0.3) is 0 Å². The zero-order chi connectivity index (χ0) is 16.5. The van der Waals surface area contributed by atoms with E-state index in [0.29, 0.717) is 11.9 Å². The Bertz CT molecular complexity index is 753. The molecule has 1 atom stereocenters. The van der Waals surface area contributed by atoms with E-state index in [1.54, 1.807) is 16.4 Å². The molecule has 2 aliphatic rings. The monoisotopic (exact) mass is 343 g/mol. The highest BCUT2D eigenvalue weighted by molar-refractivity contribution is 7.99. The molecule has 0 aliphatic carbocycles. The maximum absolute atomic E-state index is 12.7. The summed E-state index contributed by atoms with van der Waals surface area (Å²) >= 11 is 1.74. The zero-order valence-corrected chi connectivity index (χ0v) is 14.5. The van der Waals surface area contributed by atoms with Gasteiger partial charge in [-0.05, 0) is 37.6 Å². The normalized spacial score (nSPS) is 20.8. The summed E-state index contributed by atoms with van der Waals surface area (Å²) in [4.78, 5) is 18.5. The standard InChI is InChI=1S/C17H21N5OS/c1-22-17(19-15(21-22)11-6-8-18-9-7-11)20-16(23)13-10-24-14-5-3-2-4-12(13)14/h2-5,11,13,18H,6-10H2,1H3,(H,19,20,21,23). The van der Waals surface area contributed by atoms with E-state index < -0.39 is 0 Å². The lowest BCUT2D eigenvalue weighted by atomic mass is 9.98. The molecule has 4 rings (SSSR count). The van der Waals surface area contributed by atoms with Gasteiger partial charge in [-0.1, -0.05) is 18.2 Å². The van der Waals surface area contributed by atoms with Gasteiger partial charge in [-0.3, -0.25) is 10.1 Å². The fraction of sp³-hybridized carbons (Fsp3) is 0.471. The molecule has 0 spiro atoms. The maximum Gasteiger partial charge on any atom is 0.235 e. The lowest BCUT2D eigenvalue weighted by Crippen LogP contribution is -2.27. The number of thioether (sulfide) groups is 1. The average molecular weight is 343 g/mol. The Morgan fingerprint density at radius 3 is 2.96 bits per heavy atom. The van der Waals surface area contributed by atoms with Gasteiger partial charge in [-0.15, -0.1) is 11.8 Å². The predicted octanol–water partition coefficient (Wildman–Crippen LogP) is 2.11. The van der Waals surface area contributed by atoms with E-state index in [1.807, 2.05) is 25.2 Å². The van der Waals surface area contributed by atoms with Gasteiger partial charge in [0.2, 0.25) is 11.9 Å². The van der Waals surface area contributed by atoms with Crippen molar-refractivity contribution in [1.29, 1.82) is 0 Å². The predicted molar refractivity (Wildman–Crippen MR) is 94.4 cm³/mol. The number of nitrogens with one attached hydrogen (secondary N) is 2. The van der Waals surface area contributed by atoms with Crippen LogP contribution < -0.4 is 10.6 Å². The van der Waals surface area contributed by atoms with Crippen LogP contribution in [0.2, 0.25) is 0 Å². The van der Waals surface area contributed by atoms with Gasteiger partial charge in [-0.25, -0.2) is 4.68 Å². The smallest absolute Gasteiger partial charge is 0.235 e. The van der Waals surface area contributed by atoms with Crippen molar-refractivity contribution in [3.05, 3.63) is 35.7 Å². The first kappa shape index (κ1) is 15.7. The van der Waals surface area contributed by atoms with Crippen LogP contribution in [-0.4, -0.2) is 39.5 Å². The van der Waals surface area contributed by atoms with Crippen molar-refractivity contribution in [3.8, 4) is 0 Å². The number of hydrogen-bond donors (Lipinski definition) is 2. The highest BCUT2D eigenvalue weighted by atomic mass is 32.2. The highest BCUT2D eigenvalue weighted by Gasteiger charge is 2.30. The van der Waals surface area contributed by atoms with Gasteiger partial charge in [0, 0.05) is 23.6 Å². The molecule has 1 amide bonds. The number of rotatable bonds is 3. The zero-order valence-electron chi connectivity index (χ0n) is 13.7. The third kappa shape index (κ3) is 2.93. The Morgan fingerprint density at radius 1 is 1.33 bits per heavy atom. The van der Waals surface area contributed by atoms with Crippen LogP contribution in [0.25, 0.3) is 0 Å². The number of carbonyl (C=O) groups excluding carboxylic acids is 1. The van der Waals surface area contributed by atoms with Crippen molar-refractivity contribution in [1.82, 2.24) is 20.1 Å². The topological polar surface area (TPSA) is 71.8 Å². The number of piperidine rings is 1. The third-order valence-electron chi connectivity index (χ3n) is 4.74. The van der Waals surface area contributed by atoms with E-state index in [2.05, 4.69) is 26.8 Å². The summed E-state index contributed by atoms with van der Waals surface area (Å²) in [5.41, 5.74) is 1.11. The fourth-order valence-corrected chi connectivity index (χ4v) is 4.57. The number of nitrogens with zero attached hydrogens (tertiary/aromatic N) is 3. The van der Waals surface area contributed by atoms with E-state index in [0.717, 1.165) is 43.1 Å². The average Bonchev–Trinajstić information content (AvgIpc) is 3.20. The SMILES string of the molecule is Cn1nc(C2CCNCC2)nc1NC(=O)C1CSc2ccccc21. The highest BCUT2D eigenvalue weighted by Crippen LogP contribution is 2.39. The molecule has 1 aromatic carbocycles. The van der Waals surface area contributed by atoms with Gasteiger partial charge in [0.15, 0.2) is 5.82 Å². The lowest BCUT2D eigenvalue weighted by molar-refractivity contribution is -0.117. The van der Waals surface area contributed by atoms with Crippen molar-refractivity contribution in [2.45, 2.75) is 29.6 Å². The molecular weight excluding hydrogens is 322 g/mol. The Hall–Kier alpha value is -1.86. The van der Waals surface area contributed by atoms with E-state index in [-0.39, 0.29) is 11.8 Å². The molecule has 0 bridgehead atoms. The Morgan fingerprint density at radius 2 is 2.12 bits per heavy atom. The van der Waals surface area contributed by atoms with Crippen LogP contribution >= 0.6 is 11.8 Å². The summed E-state index contributed by atoms with van der Waals surface area (Å²) in [6.45, 7) is 2.00. The number of aromatic nitrogens is 3. The third-order valence-corrected chi connectivity index (χ3v) is 5.92. The van der Waals surface area contributed by atoms with Gasteiger partial charge in [-0.2, -0.15) is 10.1 Å². The largest absolute Gasteiger partial charge is 0.317 e. The number of carbonyl (C=O) groups is 1. The quantitative estimate of drug-likeness (QED) is 0.893. The second-order valence-electron chi connectivity index (χ2n) is 6.33. The van der Waals surface area contributed by atoms with Crippen molar-refractivity contribution >= 4 is 23.6 Å². The number of amides is 1. The number of aryl methyl sites for hydroxylation is 1. The molecule has 24 heavy (non-hydrogen) atoms. The molecule has 3 heterocycles. The van der Waals surface area contributed by atoms with E-state index >= 15 is 0 Å². The number of fused-ring (bicyclic) bond motifs is 1. The molecule has 2 N–H and O–H groups in total. The minimum atomic E-state index is -0.120. The second kappa shape index (κ2) is 6.57. The van der Waals surface area contributed by atoms with Crippen molar-refractivity contribution < 1.29 is 4.79 Å². The summed E-state index contributed by atoms with van der Waals surface area (Å²) < 4.78 is 1.68. The first-order valence-electron chi connectivity index (χ1n) is 8.36. The maximum atomic E-state index is 12.7. The molecule has 6 nitrogen and oxygen atoms in total. The van der Waals surface area contributed by atoms with Gasteiger partial charge >= 0.3 is 0 Å². The summed E-state index contributed by atoms with van der Waals surface area (Å²) in [5, 5.41) is 10.8. The number of benzene rings is 1. The molecule has 7 heteroatoms. The van der Waals surface area contributed by atoms with Gasteiger partial charge in [0.05, 0.1) is 5.92 Å². The molecule has 1 fully saturated rings. The van der Waals surface area contributed by atoms with Crippen LogP contribution in [0.1, 0.15) is 36.1 Å². The number of anilines is 1. The van der Waals surface area contributed by atoms with Gasteiger partial charge < -0.3 is 5.32 Å². The lowest BCUT2D eigenvalue weighted by Gasteiger charge is -2.19. The summed E-state index contributed by atoms with van der Waals surface area (Å²) in [6, 6.07) is 8.12. The van der Waals surface area contributed by atoms with E-state index in [4.69, 9.17) is 0 Å². The second-order valence-corrected chi connectivity index (χ2v) is 7.39. The summed E-state index contributed by atoms with van der Waals surface area (Å²) in [6.07, 6.45) is 2.09. The number of hydrogen-bond acceptors (Lipinski definition) is 5. The van der Waals surface area contributed by atoms with Crippen LogP contribution in [0, 0.1) is 0 Å².